The van der Waals surface area contributed by atoms with Gasteiger partial charge < -0.3 is 14.4 Å². The van der Waals surface area contributed by atoms with Gasteiger partial charge in [-0.25, -0.2) is 0 Å². The third-order valence-corrected chi connectivity index (χ3v) is 6.52. The molecule has 4 atom stereocenters. The normalized spacial score (nSPS) is 28.6. The van der Waals surface area contributed by atoms with Gasteiger partial charge in [0, 0.05) is 10.7 Å². The molecule has 1 fully saturated rings. The molecule has 3 aliphatic rings. The number of carbonyl (C=O) groups excluding carboxylic acids is 1. The number of rotatable bonds is 5. The summed E-state index contributed by atoms with van der Waals surface area (Å²) in [5.41, 5.74) is 1.20. The predicted octanol–water partition coefficient (Wildman–Crippen LogP) is 4.94. The van der Waals surface area contributed by atoms with Crippen LogP contribution in [0.1, 0.15) is 31.4 Å². The Morgan fingerprint density at radius 1 is 1.25 bits per heavy atom. The lowest BCUT2D eigenvalue weighted by Gasteiger charge is -2.40. The number of esters is 1. The van der Waals surface area contributed by atoms with Gasteiger partial charge in [-0.3, -0.25) is 9.79 Å². The Kier molecular flexibility index (Phi) is 5.65. The van der Waals surface area contributed by atoms with Gasteiger partial charge in [0.15, 0.2) is 0 Å². The van der Waals surface area contributed by atoms with Gasteiger partial charge in [0.25, 0.3) is 0 Å². The van der Waals surface area contributed by atoms with E-state index >= 15 is 0 Å². The molecule has 1 aliphatic carbocycles. The molecular formula is C21H22Br2N2O3. The summed E-state index contributed by atoms with van der Waals surface area (Å²) in [4.78, 5) is 19.4. The van der Waals surface area contributed by atoms with Crippen LogP contribution in [0.15, 0.2) is 50.5 Å². The van der Waals surface area contributed by atoms with Crippen LogP contribution in [0, 0.1) is 11.8 Å². The van der Waals surface area contributed by atoms with Crippen molar-refractivity contribution in [3.63, 3.8) is 0 Å². The smallest absolute Gasteiger partial charge is 0.309 e. The van der Waals surface area contributed by atoms with Crippen LogP contribution in [0.5, 0.6) is 5.75 Å². The SMILES string of the molecule is CCOC(=O)C1CC1C1CC(c2ccc(OC)cc2)N2C=C(Br)C=C(Br)C2=N1. The molecule has 2 heterocycles. The highest BCUT2D eigenvalue weighted by Gasteiger charge is 2.51. The molecule has 0 N–H and O–H groups in total. The fourth-order valence-electron chi connectivity index (χ4n) is 4.01. The van der Waals surface area contributed by atoms with E-state index in [2.05, 4.69) is 55.1 Å². The maximum absolute atomic E-state index is 12.1. The summed E-state index contributed by atoms with van der Waals surface area (Å²) in [6, 6.07) is 8.42. The van der Waals surface area contributed by atoms with Crippen molar-refractivity contribution >= 4 is 43.7 Å². The van der Waals surface area contributed by atoms with Gasteiger partial charge in [0.2, 0.25) is 0 Å². The van der Waals surface area contributed by atoms with Crippen LogP contribution in [0.3, 0.4) is 0 Å². The van der Waals surface area contributed by atoms with Crippen molar-refractivity contribution in [1.82, 2.24) is 4.90 Å². The highest BCUT2D eigenvalue weighted by atomic mass is 79.9. The van der Waals surface area contributed by atoms with E-state index in [1.165, 1.54) is 5.56 Å². The Bertz CT molecular complexity index is 863. The van der Waals surface area contributed by atoms with Gasteiger partial charge in [0.1, 0.15) is 11.6 Å². The number of nitrogens with zero attached hydrogens (tertiary/aromatic N) is 2. The average Bonchev–Trinajstić information content (AvgIpc) is 3.49. The second-order valence-corrected chi connectivity index (χ2v) is 8.99. The molecule has 1 saturated carbocycles. The van der Waals surface area contributed by atoms with E-state index < -0.39 is 0 Å². The molecule has 0 amide bonds. The van der Waals surface area contributed by atoms with Crippen molar-refractivity contribution < 1.29 is 14.3 Å². The third-order valence-electron chi connectivity index (χ3n) is 5.50. The molecule has 5 nitrogen and oxygen atoms in total. The summed E-state index contributed by atoms with van der Waals surface area (Å²) in [5.74, 6) is 1.90. The number of hydrogen-bond acceptors (Lipinski definition) is 5. The van der Waals surface area contributed by atoms with Gasteiger partial charge in [-0.1, -0.05) is 12.1 Å². The molecular weight excluding hydrogens is 488 g/mol. The molecule has 0 bridgehead atoms. The molecule has 7 heteroatoms. The van der Waals surface area contributed by atoms with Crippen LogP contribution >= 0.6 is 31.9 Å². The second-order valence-electron chi connectivity index (χ2n) is 7.22. The first-order valence-corrected chi connectivity index (χ1v) is 11.0. The fourth-order valence-corrected chi connectivity index (χ4v) is 5.32. The zero-order chi connectivity index (χ0) is 19.8. The molecule has 0 saturated heterocycles. The number of carbonyl (C=O) groups is 1. The van der Waals surface area contributed by atoms with Crippen molar-refractivity contribution in [2.75, 3.05) is 13.7 Å². The number of ether oxygens (including phenoxy) is 2. The first-order valence-electron chi connectivity index (χ1n) is 9.43. The van der Waals surface area contributed by atoms with Crippen molar-refractivity contribution in [3.05, 3.63) is 51.1 Å². The summed E-state index contributed by atoms with van der Waals surface area (Å²) < 4.78 is 12.5. The number of fused-ring (bicyclic) bond motifs is 1. The highest BCUT2D eigenvalue weighted by Crippen LogP contribution is 2.49. The minimum Gasteiger partial charge on any atom is -0.497 e. The summed E-state index contributed by atoms with van der Waals surface area (Å²) in [5, 5.41) is 0. The van der Waals surface area contributed by atoms with E-state index in [1.54, 1.807) is 7.11 Å². The van der Waals surface area contributed by atoms with Gasteiger partial charge in [-0.15, -0.1) is 0 Å². The Morgan fingerprint density at radius 3 is 2.68 bits per heavy atom. The molecule has 1 aromatic rings. The lowest BCUT2D eigenvalue weighted by molar-refractivity contribution is -0.145. The van der Waals surface area contributed by atoms with Crippen LogP contribution in [0.25, 0.3) is 0 Å². The van der Waals surface area contributed by atoms with Crippen LogP contribution in [0.4, 0.5) is 0 Å². The number of halogens is 2. The number of benzene rings is 1. The number of aliphatic imine (C=N–C) groups is 1. The monoisotopic (exact) mass is 508 g/mol. The quantitative estimate of drug-likeness (QED) is 0.527. The molecule has 0 aromatic heterocycles. The van der Waals surface area contributed by atoms with Crippen molar-refractivity contribution in [2.45, 2.75) is 31.8 Å². The predicted molar refractivity (Wildman–Crippen MR) is 116 cm³/mol. The third kappa shape index (κ3) is 3.79. The van der Waals surface area contributed by atoms with E-state index in [0.29, 0.717) is 6.61 Å². The molecule has 0 spiro atoms. The topological polar surface area (TPSA) is 51.1 Å². The standard InChI is InChI=1S/C21H22Br2N2O3/c1-3-28-21(26)16-9-15(16)18-10-19(12-4-6-14(27-2)7-5-12)25-11-13(22)8-17(23)20(25)24-18/h4-8,11,15-16,18-19H,3,9-10H2,1-2H3. The molecule has 1 aromatic carbocycles. The van der Waals surface area contributed by atoms with E-state index in [1.807, 2.05) is 25.1 Å². The van der Waals surface area contributed by atoms with Gasteiger partial charge in [-0.05, 0) is 81.3 Å². The average molecular weight is 510 g/mol. The van der Waals surface area contributed by atoms with Crippen LogP contribution in [-0.4, -0.2) is 36.5 Å². The van der Waals surface area contributed by atoms with Crippen LogP contribution in [-0.2, 0) is 9.53 Å². The van der Waals surface area contributed by atoms with Gasteiger partial charge in [0.05, 0.1) is 36.2 Å². The maximum Gasteiger partial charge on any atom is 0.309 e. The first-order chi connectivity index (χ1) is 13.5. The van der Waals surface area contributed by atoms with Crippen LogP contribution in [0.2, 0.25) is 0 Å². The lowest BCUT2D eigenvalue weighted by Crippen LogP contribution is -2.40. The second kappa shape index (κ2) is 8.03. The minimum atomic E-state index is -0.0861. The zero-order valence-electron chi connectivity index (χ0n) is 15.8. The van der Waals surface area contributed by atoms with Crippen molar-refractivity contribution in [2.24, 2.45) is 16.8 Å². The summed E-state index contributed by atoms with van der Waals surface area (Å²) in [7, 11) is 1.67. The molecule has 0 radical (unpaired) electrons. The highest BCUT2D eigenvalue weighted by molar-refractivity contribution is 9.12. The van der Waals surface area contributed by atoms with Gasteiger partial charge in [-0.2, -0.15) is 0 Å². The van der Waals surface area contributed by atoms with E-state index in [-0.39, 0.29) is 29.9 Å². The Balaban J connectivity index is 1.64. The molecule has 4 unspecified atom stereocenters. The largest absolute Gasteiger partial charge is 0.497 e. The summed E-state index contributed by atoms with van der Waals surface area (Å²) in [6.07, 6.45) is 5.80. The Morgan fingerprint density at radius 2 is 2.00 bits per heavy atom. The summed E-state index contributed by atoms with van der Waals surface area (Å²) in [6.45, 7) is 2.28. The Hall–Kier alpha value is -1.60. The van der Waals surface area contributed by atoms with E-state index in [4.69, 9.17) is 14.5 Å². The van der Waals surface area contributed by atoms with E-state index in [9.17, 15) is 4.79 Å². The van der Waals surface area contributed by atoms with Gasteiger partial charge >= 0.3 is 5.97 Å². The van der Waals surface area contributed by atoms with Crippen molar-refractivity contribution in [3.8, 4) is 5.75 Å². The van der Waals surface area contributed by atoms with Crippen molar-refractivity contribution in [1.29, 1.82) is 0 Å². The first kappa shape index (κ1) is 19.7. The molecule has 4 rings (SSSR count). The number of allylic oxidation sites excluding steroid dienone is 2. The minimum absolute atomic E-state index is 0.0222. The van der Waals surface area contributed by atoms with Crippen LogP contribution < -0.4 is 4.74 Å². The zero-order valence-corrected chi connectivity index (χ0v) is 18.9. The lowest BCUT2D eigenvalue weighted by atomic mass is 9.92. The molecule has 2 aliphatic heterocycles. The maximum atomic E-state index is 12.1. The molecule has 148 valence electrons. The summed E-state index contributed by atoms with van der Waals surface area (Å²) >= 11 is 7.26. The Labute approximate surface area is 181 Å². The number of methoxy groups -OCH3 is 1. The number of amidine groups is 1. The fraction of sp³-hybridized carbons (Fsp3) is 0.429. The number of hydrogen-bond donors (Lipinski definition) is 0. The molecule has 28 heavy (non-hydrogen) atoms. The van der Waals surface area contributed by atoms with E-state index in [0.717, 1.165) is 33.4 Å².